The van der Waals surface area contributed by atoms with Crippen molar-refractivity contribution < 1.29 is 19.0 Å². The molecule has 0 fully saturated rings. The van der Waals surface area contributed by atoms with Gasteiger partial charge in [-0.25, -0.2) is 0 Å². The van der Waals surface area contributed by atoms with Gasteiger partial charge in [-0.1, -0.05) is 19.4 Å². The van der Waals surface area contributed by atoms with Gasteiger partial charge in [-0.3, -0.25) is 9.59 Å². The van der Waals surface area contributed by atoms with Crippen molar-refractivity contribution in [3.63, 3.8) is 0 Å². The van der Waals surface area contributed by atoms with Crippen LogP contribution in [0.5, 0.6) is 17.2 Å². The number of carbonyl (C=O) groups is 1. The molecular formula is C26H32N4O5. The lowest BCUT2D eigenvalue weighted by molar-refractivity contribution is -0.121. The number of benzene rings is 2. The van der Waals surface area contributed by atoms with Gasteiger partial charge in [0.25, 0.3) is 5.56 Å². The smallest absolute Gasteiger partial charge is 0.273 e. The lowest BCUT2D eigenvalue weighted by atomic mass is 10.1. The molecule has 0 spiro atoms. The first-order valence-corrected chi connectivity index (χ1v) is 11.7. The van der Waals surface area contributed by atoms with Gasteiger partial charge in [0.05, 0.1) is 20.8 Å². The third kappa shape index (κ3) is 7.56. The molecule has 0 radical (unpaired) electrons. The van der Waals surface area contributed by atoms with Gasteiger partial charge in [-0.05, 0) is 54.8 Å². The number of H-pyrrole nitrogens is 1. The summed E-state index contributed by atoms with van der Waals surface area (Å²) in [4.78, 5) is 27.4. The number of amides is 1. The molecule has 0 aliphatic carbocycles. The molecule has 2 N–H and O–H groups in total. The van der Waals surface area contributed by atoms with E-state index >= 15 is 0 Å². The standard InChI is InChI=1S/C26H32N4O5/c1-4-5-16-35-20-9-7-19(8-10-20)25-28-26(32)21(29-30-25)11-13-24(31)27-15-14-18-6-12-22(33-2)23(17-18)34-3/h6-10,12,17H,4-5,11,13-16H2,1-3H3,(H,27,31)(H,28,30,32). The Hall–Kier alpha value is -3.88. The van der Waals surface area contributed by atoms with Crippen molar-refractivity contribution in [2.45, 2.75) is 39.0 Å². The summed E-state index contributed by atoms with van der Waals surface area (Å²) in [6.45, 7) is 3.25. The first-order chi connectivity index (χ1) is 17.0. The van der Waals surface area contributed by atoms with E-state index in [1.807, 2.05) is 42.5 Å². The Morgan fingerprint density at radius 3 is 2.46 bits per heavy atom. The van der Waals surface area contributed by atoms with Crippen LogP contribution in [0.1, 0.15) is 37.4 Å². The van der Waals surface area contributed by atoms with Gasteiger partial charge in [-0.15, -0.1) is 10.2 Å². The van der Waals surface area contributed by atoms with Crippen LogP contribution in [0, 0.1) is 0 Å². The van der Waals surface area contributed by atoms with Crippen LogP contribution in [-0.4, -0.2) is 48.5 Å². The number of rotatable bonds is 13. The second-order valence-electron chi connectivity index (χ2n) is 7.97. The molecule has 0 aliphatic rings. The maximum atomic E-state index is 12.4. The molecule has 9 heteroatoms. The molecule has 2 aromatic carbocycles. The molecule has 9 nitrogen and oxygen atoms in total. The predicted octanol–water partition coefficient (Wildman–Crippen LogP) is 3.32. The maximum absolute atomic E-state index is 12.4. The average Bonchev–Trinajstić information content (AvgIpc) is 2.88. The summed E-state index contributed by atoms with van der Waals surface area (Å²) < 4.78 is 16.2. The fourth-order valence-electron chi connectivity index (χ4n) is 3.40. The fourth-order valence-corrected chi connectivity index (χ4v) is 3.40. The van der Waals surface area contributed by atoms with E-state index in [0.717, 1.165) is 29.7 Å². The maximum Gasteiger partial charge on any atom is 0.273 e. The second kappa shape index (κ2) is 13.1. The van der Waals surface area contributed by atoms with Crippen LogP contribution < -0.4 is 25.1 Å². The summed E-state index contributed by atoms with van der Waals surface area (Å²) in [6, 6.07) is 13.0. The van der Waals surface area contributed by atoms with Crippen LogP contribution in [0.3, 0.4) is 0 Å². The third-order valence-electron chi connectivity index (χ3n) is 5.43. The Bertz CT molecular complexity index is 1160. The molecule has 1 heterocycles. The van der Waals surface area contributed by atoms with E-state index < -0.39 is 0 Å². The summed E-state index contributed by atoms with van der Waals surface area (Å²) >= 11 is 0. The topological polar surface area (TPSA) is 115 Å². The van der Waals surface area contributed by atoms with E-state index in [4.69, 9.17) is 14.2 Å². The molecule has 35 heavy (non-hydrogen) atoms. The molecule has 3 aromatic rings. The number of nitrogens with one attached hydrogen (secondary N) is 2. The summed E-state index contributed by atoms with van der Waals surface area (Å²) in [5.41, 5.74) is 1.62. The molecule has 0 atom stereocenters. The normalized spacial score (nSPS) is 10.6. The van der Waals surface area contributed by atoms with Gasteiger partial charge in [0.15, 0.2) is 17.3 Å². The zero-order chi connectivity index (χ0) is 25.0. The van der Waals surface area contributed by atoms with Crippen LogP contribution in [-0.2, 0) is 17.6 Å². The van der Waals surface area contributed by atoms with E-state index in [1.165, 1.54) is 0 Å². The minimum absolute atomic E-state index is 0.146. The fraction of sp³-hybridized carbons (Fsp3) is 0.385. The van der Waals surface area contributed by atoms with Gasteiger partial charge in [0.1, 0.15) is 11.4 Å². The third-order valence-corrected chi connectivity index (χ3v) is 5.43. The van der Waals surface area contributed by atoms with Crippen LogP contribution in [0.2, 0.25) is 0 Å². The lowest BCUT2D eigenvalue weighted by Gasteiger charge is -2.10. The van der Waals surface area contributed by atoms with Gasteiger partial charge in [-0.2, -0.15) is 0 Å². The van der Waals surface area contributed by atoms with E-state index in [0.29, 0.717) is 36.9 Å². The van der Waals surface area contributed by atoms with Crippen molar-refractivity contribution in [1.82, 2.24) is 20.5 Å². The van der Waals surface area contributed by atoms with Crippen molar-refractivity contribution in [2.75, 3.05) is 27.4 Å². The molecule has 0 saturated heterocycles. The van der Waals surface area contributed by atoms with Gasteiger partial charge in [0, 0.05) is 24.9 Å². The lowest BCUT2D eigenvalue weighted by Crippen LogP contribution is -2.27. The molecule has 0 bridgehead atoms. The predicted molar refractivity (Wildman–Crippen MR) is 133 cm³/mol. The largest absolute Gasteiger partial charge is 0.494 e. The average molecular weight is 481 g/mol. The van der Waals surface area contributed by atoms with Crippen LogP contribution >= 0.6 is 0 Å². The second-order valence-corrected chi connectivity index (χ2v) is 7.97. The van der Waals surface area contributed by atoms with Gasteiger partial charge >= 0.3 is 0 Å². The molecule has 186 valence electrons. The molecular weight excluding hydrogens is 448 g/mol. The molecule has 0 aliphatic heterocycles. The monoisotopic (exact) mass is 480 g/mol. The first kappa shape index (κ1) is 25.7. The highest BCUT2D eigenvalue weighted by molar-refractivity contribution is 5.76. The number of ether oxygens (including phenoxy) is 3. The van der Waals surface area contributed by atoms with E-state index in [1.54, 1.807) is 14.2 Å². The highest BCUT2D eigenvalue weighted by atomic mass is 16.5. The van der Waals surface area contributed by atoms with Crippen molar-refractivity contribution in [3.8, 4) is 28.6 Å². The zero-order valence-corrected chi connectivity index (χ0v) is 20.4. The summed E-state index contributed by atoms with van der Waals surface area (Å²) in [6.07, 6.45) is 3.06. The molecule has 3 rings (SSSR count). The SMILES string of the molecule is CCCCOc1ccc(-c2nnc(CCC(=O)NCCc3ccc(OC)c(OC)c3)c(=O)[nH]2)cc1. The minimum Gasteiger partial charge on any atom is -0.494 e. The molecule has 1 amide bonds. The number of carbonyl (C=O) groups excluding carboxylic acids is 1. The number of nitrogens with zero attached hydrogens (tertiary/aromatic N) is 2. The van der Waals surface area contributed by atoms with Crippen molar-refractivity contribution >= 4 is 5.91 Å². The summed E-state index contributed by atoms with van der Waals surface area (Å²) in [7, 11) is 3.17. The van der Waals surface area contributed by atoms with E-state index in [-0.39, 0.29) is 30.0 Å². The Labute approximate surface area is 204 Å². The Morgan fingerprint density at radius 2 is 1.77 bits per heavy atom. The summed E-state index contributed by atoms with van der Waals surface area (Å²) in [5.74, 6) is 2.29. The van der Waals surface area contributed by atoms with Crippen molar-refractivity contribution in [3.05, 3.63) is 64.1 Å². The number of aromatic amines is 1. The molecule has 0 unspecified atom stereocenters. The van der Waals surface area contributed by atoms with Crippen LogP contribution in [0.4, 0.5) is 0 Å². The summed E-state index contributed by atoms with van der Waals surface area (Å²) in [5, 5.41) is 11.0. The van der Waals surface area contributed by atoms with Gasteiger partial charge < -0.3 is 24.5 Å². The molecule has 0 saturated carbocycles. The highest BCUT2D eigenvalue weighted by Crippen LogP contribution is 2.27. The Kier molecular flexibility index (Phi) is 9.65. The number of methoxy groups -OCH3 is 2. The van der Waals surface area contributed by atoms with E-state index in [9.17, 15) is 9.59 Å². The van der Waals surface area contributed by atoms with Gasteiger partial charge in [0.2, 0.25) is 5.91 Å². The number of hydrogen-bond donors (Lipinski definition) is 2. The number of aromatic nitrogens is 3. The van der Waals surface area contributed by atoms with Crippen molar-refractivity contribution in [1.29, 1.82) is 0 Å². The number of unbranched alkanes of at least 4 members (excludes halogenated alkanes) is 1. The Morgan fingerprint density at radius 1 is 1.00 bits per heavy atom. The molecule has 1 aromatic heterocycles. The minimum atomic E-state index is -0.351. The van der Waals surface area contributed by atoms with Crippen LogP contribution in [0.25, 0.3) is 11.4 Å². The van der Waals surface area contributed by atoms with Crippen molar-refractivity contribution in [2.24, 2.45) is 0 Å². The highest BCUT2D eigenvalue weighted by Gasteiger charge is 2.10. The zero-order valence-electron chi connectivity index (χ0n) is 20.4. The number of hydrogen-bond acceptors (Lipinski definition) is 7. The van der Waals surface area contributed by atoms with E-state index in [2.05, 4.69) is 27.4 Å². The quantitative estimate of drug-likeness (QED) is 0.361. The van der Waals surface area contributed by atoms with Crippen LogP contribution in [0.15, 0.2) is 47.3 Å². The number of aryl methyl sites for hydroxylation is 1. The Balaban J connectivity index is 1.47. The first-order valence-electron chi connectivity index (χ1n) is 11.7.